The smallest absolute Gasteiger partial charge is 0.245 e. The van der Waals surface area contributed by atoms with Crippen molar-refractivity contribution in [2.24, 2.45) is 0 Å². The van der Waals surface area contributed by atoms with Gasteiger partial charge in [-0.1, -0.05) is 18.2 Å². The van der Waals surface area contributed by atoms with Crippen molar-refractivity contribution in [2.45, 2.75) is 38.6 Å². The number of H-pyrrole nitrogens is 1. The predicted molar refractivity (Wildman–Crippen MR) is 98.5 cm³/mol. The number of aryl methyl sites for hydroxylation is 1. The average molecular weight is 342 g/mol. The fourth-order valence-corrected chi connectivity index (χ4v) is 3.72. The van der Waals surface area contributed by atoms with E-state index >= 15 is 0 Å². The largest absolute Gasteiger partial charge is 0.358 e. The number of nitrogens with one attached hydrogen (secondary N) is 2. The Morgan fingerprint density at radius 2 is 2.04 bits per heavy atom. The van der Waals surface area contributed by atoms with Crippen molar-refractivity contribution >= 4 is 34.1 Å². The quantitative estimate of drug-likeness (QED) is 0.842. The fraction of sp³-hybridized carbons (Fsp3) is 0.444. The van der Waals surface area contributed by atoms with Gasteiger partial charge in [-0.15, -0.1) is 0 Å². The second-order valence-corrected chi connectivity index (χ2v) is 7.05. The Labute approximate surface area is 147 Å². The summed E-state index contributed by atoms with van der Waals surface area (Å²) >= 11 is 5.49. The fourth-order valence-electron chi connectivity index (χ4n) is 3.36. The molecule has 1 aromatic heterocycles. The van der Waals surface area contributed by atoms with Crippen LogP contribution in [-0.4, -0.2) is 45.2 Å². The zero-order valence-electron chi connectivity index (χ0n) is 13.8. The summed E-state index contributed by atoms with van der Waals surface area (Å²) in [4.78, 5) is 16.3. The van der Waals surface area contributed by atoms with E-state index in [1.807, 2.05) is 35.1 Å². The maximum atomic E-state index is 12.9. The highest BCUT2D eigenvalue weighted by Crippen LogP contribution is 2.24. The first kappa shape index (κ1) is 15.4. The molecule has 2 fully saturated rings. The van der Waals surface area contributed by atoms with E-state index in [9.17, 15) is 4.79 Å². The van der Waals surface area contributed by atoms with Crippen molar-refractivity contribution in [2.75, 3.05) is 13.1 Å². The SMILES string of the molecule is Cc1[nH]c2ccccc2c1CC(=O)N1CCCN1C(=S)NC1CC1. The molecule has 4 rings (SSSR count). The first-order chi connectivity index (χ1) is 11.6. The van der Waals surface area contributed by atoms with Gasteiger partial charge in [0.15, 0.2) is 5.11 Å². The molecule has 2 aliphatic rings. The van der Waals surface area contributed by atoms with Gasteiger partial charge in [0.1, 0.15) is 0 Å². The molecule has 5 nitrogen and oxygen atoms in total. The number of carbonyl (C=O) groups is 1. The molecule has 1 saturated heterocycles. The van der Waals surface area contributed by atoms with E-state index in [4.69, 9.17) is 12.2 Å². The highest BCUT2D eigenvalue weighted by atomic mass is 32.1. The number of hydrogen-bond acceptors (Lipinski definition) is 2. The van der Waals surface area contributed by atoms with E-state index in [1.165, 1.54) is 12.8 Å². The molecule has 0 spiro atoms. The van der Waals surface area contributed by atoms with Crippen LogP contribution in [0.5, 0.6) is 0 Å². The number of amides is 1. The number of para-hydroxylation sites is 1. The summed E-state index contributed by atoms with van der Waals surface area (Å²) in [5, 5.41) is 8.93. The minimum atomic E-state index is 0.111. The summed E-state index contributed by atoms with van der Waals surface area (Å²) in [5.74, 6) is 0.111. The Hall–Kier alpha value is -2.08. The lowest BCUT2D eigenvalue weighted by Crippen LogP contribution is -2.50. The van der Waals surface area contributed by atoms with Crippen molar-refractivity contribution < 1.29 is 4.79 Å². The van der Waals surface area contributed by atoms with E-state index in [0.717, 1.165) is 41.7 Å². The molecule has 0 unspecified atom stereocenters. The van der Waals surface area contributed by atoms with Gasteiger partial charge in [0.25, 0.3) is 0 Å². The van der Waals surface area contributed by atoms with Gasteiger partial charge in [-0.25, -0.2) is 0 Å². The van der Waals surface area contributed by atoms with Crippen LogP contribution in [0.4, 0.5) is 0 Å². The second-order valence-electron chi connectivity index (χ2n) is 6.67. The number of aromatic amines is 1. The van der Waals surface area contributed by atoms with Crippen molar-refractivity contribution in [3.63, 3.8) is 0 Å². The molecule has 1 saturated carbocycles. The third-order valence-corrected chi connectivity index (χ3v) is 5.14. The molecule has 2 aromatic rings. The van der Waals surface area contributed by atoms with Crippen molar-refractivity contribution in [3.8, 4) is 0 Å². The molecular weight excluding hydrogens is 320 g/mol. The summed E-state index contributed by atoms with van der Waals surface area (Å²) in [6.07, 6.45) is 3.72. The highest BCUT2D eigenvalue weighted by molar-refractivity contribution is 7.80. The van der Waals surface area contributed by atoms with Gasteiger partial charge in [0.2, 0.25) is 5.91 Å². The lowest BCUT2D eigenvalue weighted by molar-refractivity contribution is -0.138. The molecule has 0 radical (unpaired) electrons. The molecule has 0 bridgehead atoms. The molecule has 24 heavy (non-hydrogen) atoms. The molecule has 6 heteroatoms. The predicted octanol–water partition coefficient (Wildman–Crippen LogP) is 2.51. The number of aromatic nitrogens is 1. The van der Waals surface area contributed by atoms with Crippen LogP contribution in [0.25, 0.3) is 10.9 Å². The monoisotopic (exact) mass is 342 g/mol. The minimum absolute atomic E-state index is 0.111. The summed E-state index contributed by atoms with van der Waals surface area (Å²) in [6.45, 7) is 3.59. The zero-order valence-corrected chi connectivity index (χ0v) is 14.7. The van der Waals surface area contributed by atoms with Gasteiger partial charge in [0.05, 0.1) is 6.42 Å². The number of hydrazine groups is 1. The third-order valence-electron chi connectivity index (χ3n) is 4.81. The molecule has 1 aliphatic heterocycles. The number of carbonyl (C=O) groups excluding carboxylic acids is 1. The summed E-state index contributed by atoms with van der Waals surface area (Å²) in [7, 11) is 0. The topological polar surface area (TPSA) is 51.4 Å². The van der Waals surface area contributed by atoms with Crippen LogP contribution in [0.15, 0.2) is 24.3 Å². The number of hydrogen-bond donors (Lipinski definition) is 2. The van der Waals surface area contributed by atoms with Crippen LogP contribution in [0.2, 0.25) is 0 Å². The molecule has 0 atom stereocenters. The summed E-state index contributed by atoms with van der Waals surface area (Å²) < 4.78 is 0. The third kappa shape index (κ3) is 2.86. The number of thiocarbonyl (C=S) groups is 1. The molecule has 1 aromatic carbocycles. The van der Waals surface area contributed by atoms with E-state index in [0.29, 0.717) is 17.6 Å². The van der Waals surface area contributed by atoms with Crippen LogP contribution in [0, 0.1) is 6.92 Å². The molecule has 2 N–H and O–H groups in total. The van der Waals surface area contributed by atoms with E-state index in [-0.39, 0.29) is 5.91 Å². The zero-order chi connectivity index (χ0) is 16.7. The summed E-state index contributed by atoms with van der Waals surface area (Å²) in [6, 6.07) is 8.65. The molecule has 1 amide bonds. The van der Waals surface area contributed by atoms with Crippen molar-refractivity contribution in [1.29, 1.82) is 0 Å². The van der Waals surface area contributed by atoms with Crippen LogP contribution >= 0.6 is 12.2 Å². The molecular formula is C18H22N4OS. The van der Waals surface area contributed by atoms with Gasteiger partial charge in [-0.05, 0) is 50.0 Å². The van der Waals surface area contributed by atoms with Crippen LogP contribution < -0.4 is 5.32 Å². The maximum Gasteiger partial charge on any atom is 0.245 e. The van der Waals surface area contributed by atoms with Gasteiger partial charge in [0, 0.05) is 35.7 Å². The average Bonchev–Trinajstić information content (AvgIpc) is 3.14. The Morgan fingerprint density at radius 3 is 2.83 bits per heavy atom. The number of nitrogens with zero attached hydrogens (tertiary/aromatic N) is 2. The Morgan fingerprint density at radius 1 is 1.29 bits per heavy atom. The Balaban J connectivity index is 1.52. The van der Waals surface area contributed by atoms with Crippen molar-refractivity contribution in [1.82, 2.24) is 20.3 Å². The van der Waals surface area contributed by atoms with Gasteiger partial charge >= 0.3 is 0 Å². The Bertz CT molecular complexity index is 795. The van der Waals surface area contributed by atoms with Crippen LogP contribution in [-0.2, 0) is 11.2 Å². The first-order valence-corrected chi connectivity index (χ1v) is 8.99. The lowest BCUT2D eigenvalue weighted by atomic mass is 10.1. The van der Waals surface area contributed by atoms with Gasteiger partial charge in [-0.3, -0.25) is 14.8 Å². The molecule has 1 aliphatic carbocycles. The van der Waals surface area contributed by atoms with Crippen LogP contribution in [0.1, 0.15) is 30.5 Å². The van der Waals surface area contributed by atoms with Gasteiger partial charge < -0.3 is 10.3 Å². The van der Waals surface area contributed by atoms with E-state index in [2.05, 4.69) is 16.4 Å². The van der Waals surface area contributed by atoms with Crippen molar-refractivity contribution in [3.05, 3.63) is 35.5 Å². The number of fused-ring (bicyclic) bond motifs is 1. The standard InChI is InChI=1S/C18H22N4OS/c1-12-15(14-5-2-3-6-16(14)19-12)11-17(23)21-9-4-10-22(21)18(24)20-13-7-8-13/h2-3,5-6,13,19H,4,7-11H2,1H3,(H,20,24). The lowest BCUT2D eigenvalue weighted by Gasteiger charge is -2.30. The van der Waals surface area contributed by atoms with E-state index in [1.54, 1.807) is 0 Å². The normalized spacial score (nSPS) is 17.5. The minimum Gasteiger partial charge on any atom is -0.358 e. The highest BCUT2D eigenvalue weighted by Gasteiger charge is 2.32. The molecule has 2 heterocycles. The summed E-state index contributed by atoms with van der Waals surface area (Å²) in [5.41, 5.74) is 3.24. The van der Waals surface area contributed by atoms with Crippen LogP contribution in [0.3, 0.4) is 0 Å². The van der Waals surface area contributed by atoms with Gasteiger partial charge in [-0.2, -0.15) is 0 Å². The number of benzene rings is 1. The first-order valence-electron chi connectivity index (χ1n) is 8.58. The Kier molecular flexibility index (Phi) is 3.92. The van der Waals surface area contributed by atoms with E-state index < -0.39 is 0 Å². The molecule has 126 valence electrons. The number of rotatable bonds is 3. The maximum absolute atomic E-state index is 12.9. The second kappa shape index (κ2) is 6.09.